The van der Waals surface area contributed by atoms with Gasteiger partial charge in [-0.3, -0.25) is 4.79 Å². The minimum absolute atomic E-state index is 0.0728. The normalized spacial score (nSPS) is 14.6. The first-order valence-electron chi connectivity index (χ1n) is 4.77. The monoisotopic (exact) mass is 209 g/mol. The summed E-state index contributed by atoms with van der Waals surface area (Å²) in [4.78, 5) is 10.8. The molecule has 1 aromatic rings. The van der Waals surface area contributed by atoms with Crippen LogP contribution in [0, 0.1) is 0 Å². The fraction of sp³-hybridized carbons (Fsp3) is 0.364. The number of aliphatic carboxylic acids is 1. The molecule has 0 amide bonds. The molecule has 2 atom stereocenters. The molecule has 15 heavy (non-hydrogen) atoms. The highest BCUT2D eigenvalue weighted by atomic mass is 16.4. The molecule has 0 heterocycles. The summed E-state index contributed by atoms with van der Waals surface area (Å²) < 4.78 is 0. The Kier molecular flexibility index (Phi) is 3.82. The van der Waals surface area contributed by atoms with E-state index in [1.54, 1.807) is 31.2 Å². The lowest BCUT2D eigenvalue weighted by atomic mass is 9.97. The number of carboxylic acids is 1. The van der Waals surface area contributed by atoms with Crippen LogP contribution in [0.5, 0.6) is 0 Å². The molecule has 1 aromatic carbocycles. The van der Waals surface area contributed by atoms with Crippen LogP contribution in [0.1, 0.15) is 30.1 Å². The molecule has 82 valence electrons. The van der Waals surface area contributed by atoms with E-state index in [-0.39, 0.29) is 6.54 Å². The van der Waals surface area contributed by atoms with Crippen molar-refractivity contribution < 1.29 is 15.0 Å². The zero-order valence-electron chi connectivity index (χ0n) is 8.55. The highest BCUT2D eigenvalue weighted by Crippen LogP contribution is 2.18. The van der Waals surface area contributed by atoms with Gasteiger partial charge in [-0.25, -0.2) is 0 Å². The Morgan fingerprint density at radius 3 is 2.13 bits per heavy atom. The van der Waals surface area contributed by atoms with Gasteiger partial charge in [0, 0.05) is 6.54 Å². The van der Waals surface area contributed by atoms with Gasteiger partial charge in [0.1, 0.15) is 0 Å². The molecule has 0 aliphatic rings. The third-order valence-corrected chi connectivity index (χ3v) is 2.36. The second-order valence-electron chi connectivity index (χ2n) is 3.47. The molecule has 1 rings (SSSR count). The highest BCUT2D eigenvalue weighted by Gasteiger charge is 2.17. The Hall–Kier alpha value is -1.39. The van der Waals surface area contributed by atoms with Crippen LogP contribution in [-0.4, -0.2) is 22.7 Å². The van der Waals surface area contributed by atoms with Crippen LogP contribution in [0.2, 0.25) is 0 Å². The van der Waals surface area contributed by atoms with Crippen molar-refractivity contribution >= 4 is 5.97 Å². The standard InChI is InChI=1S/C11H15NO3/c1-7(13)8-2-4-9(5-3-8)10(6-12)11(14)15/h2-5,7,10,13H,6,12H2,1H3,(H,14,15). The van der Waals surface area contributed by atoms with Gasteiger partial charge in [0.15, 0.2) is 0 Å². The topological polar surface area (TPSA) is 83.5 Å². The lowest BCUT2D eigenvalue weighted by Crippen LogP contribution is -2.21. The lowest BCUT2D eigenvalue weighted by molar-refractivity contribution is -0.138. The van der Waals surface area contributed by atoms with Crippen LogP contribution in [0.25, 0.3) is 0 Å². The number of aliphatic hydroxyl groups excluding tert-OH is 1. The van der Waals surface area contributed by atoms with Gasteiger partial charge in [0.25, 0.3) is 0 Å². The molecule has 0 fully saturated rings. The number of benzene rings is 1. The van der Waals surface area contributed by atoms with Gasteiger partial charge in [-0.05, 0) is 18.1 Å². The van der Waals surface area contributed by atoms with Crippen molar-refractivity contribution in [3.8, 4) is 0 Å². The van der Waals surface area contributed by atoms with E-state index in [1.165, 1.54) is 0 Å². The van der Waals surface area contributed by atoms with Crippen molar-refractivity contribution in [3.63, 3.8) is 0 Å². The summed E-state index contributed by atoms with van der Waals surface area (Å²) in [5.74, 6) is -1.60. The fourth-order valence-corrected chi connectivity index (χ4v) is 1.39. The van der Waals surface area contributed by atoms with Crippen molar-refractivity contribution in [2.24, 2.45) is 5.73 Å². The summed E-state index contributed by atoms with van der Waals surface area (Å²) in [6.45, 7) is 1.73. The molecule has 0 saturated carbocycles. The summed E-state index contributed by atoms with van der Waals surface area (Å²) in [7, 11) is 0. The van der Waals surface area contributed by atoms with E-state index < -0.39 is 18.0 Å². The number of nitrogens with two attached hydrogens (primary N) is 1. The number of rotatable bonds is 4. The van der Waals surface area contributed by atoms with E-state index in [2.05, 4.69) is 0 Å². The molecular weight excluding hydrogens is 194 g/mol. The van der Waals surface area contributed by atoms with Crippen molar-refractivity contribution in [2.45, 2.75) is 18.9 Å². The largest absolute Gasteiger partial charge is 0.481 e. The van der Waals surface area contributed by atoms with Crippen LogP contribution in [0.15, 0.2) is 24.3 Å². The number of hydrogen-bond acceptors (Lipinski definition) is 3. The molecule has 0 aliphatic heterocycles. The van der Waals surface area contributed by atoms with Crippen molar-refractivity contribution in [2.75, 3.05) is 6.54 Å². The van der Waals surface area contributed by atoms with Crippen molar-refractivity contribution in [1.29, 1.82) is 0 Å². The predicted octanol–water partition coefficient (Wildman–Crippen LogP) is 0.867. The predicted molar refractivity (Wildman–Crippen MR) is 56.5 cm³/mol. The smallest absolute Gasteiger partial charge is 0.312 e. The highest BCUT2D eigenvalue weighted by molar-refractivity contribution is 5.76. The van der Waals surface area contributed by atoms with E-state index in [4.69, 9.17) is 10.8 Å². The Morgan fingerprint density at radius 2 is 1.80 bits per heavy atom. The molecule has 0 spiro atoms. The quantitative estimate of drug-likeness (QED) is 0.687. The molecule has 0 bridgehead atoms. The molecule has 4 nitrogen and oxygen atoms in total. The van der Waals surface area contributed by atoms with Gasteiger partial charge < -0.3 is 15.9 Å². The fourth-order valence-electron chi connectivity index (χ4n) is 1.39. The van der Waals surface area contributed by atoms with Crippen molar-refractivity contribution in [3.05, 3.63) is 35.4 Å². The van der Waals surface area contributed by atoms with Crippen LogP contribution < -0.4 is 5.73 Å². The summed E-state index contributed by atoms with van der Waals surface area (Å²) in [6, 6.07) is 6.80. The summed E-state index contributed by atoms with van der Waals surface area (Å²) in [6.07, 6.45) is -0.541. The second-order valence-corrected chi connectivity index (χ2v) is 3.47. The Balaban J connectivity index is 2.92. The first-order chi connectivity index (χ1) is 7.06. The summed E-state index contributed by atoms with van der Waals surface area (Å²) >= 11 is 0. The first kappa shape index (κ1) is 11.7. The maximum absolute atomic E-state index is 10.8. The zero-order valence-corrected chi connectivity index (χ0v) is 8.55. The molecule has 0 radical (unpaired) electrons. The van der Waals surface area contributed by atoms with Gasteiger partial charge in [0.2, 0.25) is 0 Å². The maximum Gasteiger partial charge on any atom is 0.312 e. The third-order valence-electron chi connectivity index (χ3n) is 2.36. The Labute approximate surface area is 88.3 Å². The molecule has 2 unspecified atom stereocenters. The number of hydrogen-bond donors (Lipinski definition) is 3. The maximum atomic E-state index is 10.8. The molecule has 4 heteroatoms. The van der Waals surface area contributed by atoms with Gasteiger partial charge in [-0.1, -0.05) is 24.3 Å². The van der Waals surface area contributed by atoms with Crippen LogP contribution in [0.3, 0.4) is 0 Å². The molecule has 0 aromatic heterocycles. The van der Waals surface area contributed by atoms with E-state index in [1.807, 2.05) is 0 Å². The van der Waals surface area contributed by atoms with Gasteiger partial charge in [0.05, 0.1) is 12.0 Å². The lowest BCUT2D eigenvalue weighted by Gasteiger charge is -2.11. The Bertz CT molecular complexity index is 332. The minimum Gasteiger partial charge on any atom is -0.481 e. The molecule has 0 aliphatic carbocycles. The number of aliphatic hydroxyl groups is 1. The first-order valence-corrected chi connectivity index (χ1v) is 4.77. The van der Waals surface area contributed by atoms with E-state index in [0.717, 1.165) is 5.56 Å². The minimum atomic E-state index is -0.928. The second kappa shape index (κ2) is 4.91. The van der Waals surface area contributed by atoms with E-state index >= 15 is 0 Å². The van der Waals surface area contributed by atoms with Gasteiger partial charge in [-0.15, -0.1) is 0 Å². The Morgan fingerprint density at radius 1 is 1.33 bits per heavy atom. The average molecular weight is 209 g/mol. The van der Waals surface area contributed by atoms with Gasteiger partial charge >= 0.3 is 5.97 Å². The molecular formula is C11H15NO3. The SMILES string of the molecule is CC(O)c1ccc(C(CN)C(=O)O)cc1. The summed E-state index contributed by atoms with van der Waals surface area (Å²) in [5, 5.41) is 18.2. The van der Waals surface area contributed by atoms with Gasteiger partial charge in [-0.2, -0.15) is 0 Å². The zero-order chi connectivity index (χ0) is 11.4. The van der Waals surface area contributed by atoms with Crippen LogP contribution >= 0.6 is 0 Å². The average Bonchev–Trinajstić information content (AvgIpc) is 2.19. The van der Waals surface area contributed by atoms with Crippen molar-refractivity contribution in [1.82, 2.24) is 0 Å². The molecule has 0 saturated heterocycles. The van der Waals surface area contributed by atoms with E-state index in [9.17, 15) is 9.90 Å². The van der Waals surface area contributed by atoms with Crippen LogP contribution in [0.4, 0.5) is 0 Å². The number of carboxylic acid groups (broad SMARTS) is 1. The number of carbonyl (C=O) groups is 1. The third kappa shape index (κ3) is 2.78. The molecule has 4 N–H and O–H groups in total. The van der Waals surface area contributed by atoms with Crippen LogP contribution in [-0.2, 0) is 4.79 Å². The summed E-state index contributed by atoms with van der Waals surface area (Å²) in [5.41, 5.74) is 6.80. The van der Waals surface area contributed by atoms with E-state index in [0.29, 0.717) is 5.56 Å².